The van der Waals surface area contributed by atoms with E-state index in [1.165, 1.54) is 29.5 Å². The SMILES string of the molecule is NC(=O)C1CSCN1C(=O)c1ccc(C2CC2)c(OCC2CC2)n1. The minimum absolute atomic E-state index is 0.248. The summed E-state index contributed by atoms with van der Waals surface area (Å²) in [6.07, 6.45) is 4.73. The zero-order valence-electron chi connectivity index (χ0n) is 13.4. The van der Waals surface area contributed by atoms with Crippen molar-refractivity contribution in [3.05, 3.63) is 23.4 Å². The van der Waals surface area contributed by atoms with Crippen LogP contribution < -0.4 is 10.5 Å². The van der Waals surface area contributed by atoms with Crippen molar-refractivity contribution in [3.8, 4) is 5.88 Å². The number of aromatic nitrogens is 1. The Bertz CT molecular complexity index is 673. The van der Waals surface area contributed by atoms with Gasteiger partial charge in [0, 0.05) is 11.3 Å². The van der Waals surface area contributed by atoms with Gasteiger partial charge in [-0.25, -0.2) is 4.98 Å². The number of carbonyl (C=O) groups is 2. The van der Waals surface area contributed by atoms with Crippen LogP contribution in [0.2, 0.25) is 0 Å². The molecule has 6 nitrogen and oxygen atoms in total. The molecule has 1 atom stereocenters. The van der Waals surface area contributed by atoms with Gasteiger partial charge in [0.15, 0.2) is 0 Å². The molecule has 2 saturated carbocycles. The molecule has 0 bridgehead atoms. The van der Waals surface area contributed by atoms with Crippen molar-refractivity contribution in [2.24, 2.45) is 11.7 Å². The number of pyridine rings is 1. The average molecular weight is 347 g/mol. The summed E-state index contributed by atoms with van der Waals surface area (Å²) in [6, 6.07) is 3.16. The number of nitrogens with two attached hydrogens (primary N) is 1. The van der Waals surface area contributed by atoms with E-state index in [4.69, 9.17) is 10.5 Å². The molecule has 2 aliphatic carbocycles. The fraction of sp³-hybridized carbons (Fsp3) is 0.588. The highest BCUT2D eigenvalue weighted by Crippen LogP contribution is 2.44. The molecule has 3 aliphatic rings. The van der Waals surface area contributed by atoms with Gasteiger partial charge in [-0.15, -0.1) is 11.8 Å². The lowest BCUT2D eigenvalue weighted by Crippen LogP contribution is -2.45. The maximum atomic E-state index is 12.7. The molecular weight excluding hydrogens is 326 g/mol. The molecule has 3 fully saturated rings. The Labute approximate surface area is 145 Å². The van der Waals surface area contributed by atoms with E-state index in [9.17, 15) is 9.59 Å². The van der Waals surface area contributed by atoms with Crippen LogP contribution in [0.15, 0.2) is 12.1 Å². The van der Waals surface area contributed by atoms with Gasteiger partial charge < -0.3 is 15.4 Å². The lowest BCUT2D eigenvalue weighted by molar-refractivity contribution is -0.121. The predicted octanol–water partition coefficient (Wildman–Crippen LogP) is 1.75. The van der Waals surface area contributed by atoms with E-state index >= 15 is 0 Å². The van der Waals surface area contributed by atoms with Gasteiger partial charge >= 0.3 is 0 Å². The molecule has 1 aromatic rings. The van der Waals surface area contributed by atoms with Crippen molar-refractivity contribution in [3.63, 3.8) is 0 Å². The van der Waals surface area contributed by atoms with E-state index in [1.807, 2.05) is 6.07 Å². The van der Waals surface area contributed by atoms with Crippen LogP contribution in [0.5, 0.6) is 5.88 Å². The molecule has 1 saturated heterocycles. The van der Waals surface area contributed by atoms with E-state index < -0.39 is 11.9 Å². The van der Waals surface area contributed by atoms with Gasteiger partial charge in [0.2, 0.25) is 11.8 Å². The highest BCUT2D eigenvalue weighted by atomic mass is 32.2. The highest BCUT2D eigenvalue weighted by Gasteiger charge is 2.35. The van der Waals surface area contributed by atoms with E-state index in [2.05, 4.69) is 4.98 Å². The first-order chi connectivity index (χ1) is 11.6. The van der Waals surface area contributed by atoms with E-state index in [0.717, 1.165) is 18.4 Å². The molecule has 1 unspecified atom stereocenters. The predicted molar refractivity (Wildman–Crippen MR) is 90.9 cm³/mol. The summed E-state index contributed by atoms with van der Waals surface area (Å²) in [6.45, 7) is 0.674. The lowest BCUT2D eigenvalue weighted by Gasteiger charge is -2.21. The van der Waals surface area contributed by atoms with Gasteiger partial charge in [0.05, 0.1) is 12.5 Å². The second-order valence-electron chi connectivity index (χ2n) is 6.81. The molecular formula is C17H21N3O3S. The van der Waals surface area contributed by atoms with E-state index in [1.54, 1.807) is 6.07 Å². The monoisotopic (exact) mass is 347 g/mol. The Kier molecular flexibility index (Phi) is 4.12. The zero-order chi connectivity index (χ0) is 16.7. The number of nitrogens with zero attached hydrogens (tertiary/aromatic N) is 2. The molecule has 2 N–H and O–H groups in total. The topological polar surface area (TPSA) is 85.5 Å². The Balaban J connectivity index is 1.56. The number of carbonyl (C=O) groups excluding carboxylic acids is 2. The molecule has 1 aromatic heterocycles. The number of amides is 2. The molecule has 128 valence electrons. The first-order valence-corrected chi connectivity index (χ1v) is 9.60. The molecule has 4 rings (SSSR count). The number of rotatable bonds is 6. The Morgan fingerprint density at radius 2 is 2.08 bits per heavy atom. The lowest BCUT2D eigenvalue weighted by atomic mass is 10.1. The number of primary amides is 1. The van der Waals surface area contributed by atoms with Crippen molar-refractivity contribution in [1.82, 2.24) is 9.88 Å². The molecule has 1 aliphatic heterocycles. The van der Waals surface area contributed by atoms with Crippen LogP contribution in [-0.4, -0.2) is 46.0 Å². The van der Waals surface area contributed by atoms with Crippen LogP contribution in [0.25, 0.3) is 0 Å². The summed E-state index contributed by atoms with van der Waals surface area (Å²) in [5.74, 6) is 2.04. The second kappa shape index (κ2) is 6.27. The third kappa shape index (κ3) is 3.22. The maximum absolute atomic E-state index is 12.7. The first kappa shape index (κ1) is 15.7. The molecule has 7 heteroatoms. The Morgan fingerprint density at radius 3 is 2.75 bits per heavy atom. The third-order valence-corrected chi connectivity index (χ3v) is 5.76. The normalized spacial score (nSPS) is 23.3. The minimum atomic E-state index is -0.553. The summed E-state index contributed by atoms with van der Waals surface area (Å²) in [7, 11) is 0. The summed E-state index contributed by atoms with van der Waals surface area (Å²) in [5, 5.41) is 0. The maximum Gasteiger partial charge on any atom is 0.273 e. The van der Waals surface area contributed by atoms with Crippen LogP contribution in [0.3, 0.4) is 0 Å². The second-order valence-corrected chi connectivity index (χ2v) is 7.81. The number of ether oxygens (including phenoxy) is 1. The summed E-state index contributed by atoms with van der Waals surface area (Å²) in [5.41, 5.74) is 6.84. The smallest absolute Gasteiger partial charge is 0.273 e. The molecule has 0 spiro atoms. The highest BCUT2D eigenvalue weighted by molar-refractivity contribution is 7.99. The van der Waals surface area contributed by atoms with Crippen molar-refractivity contribution >= 4 is 23.6 Å². The summed E-state index contributed by atoms with van der Waals surface area (Å²) in [4.78, 5) is 30.3. The third-order valence-electron chi connectivity index (χ3n) is 4.75. The van der Waals surface area contributed by atoms with Gasteiger partial charge in [0.25, 0.3) is 5.91 Å². The van der Waals surface area contributed by atoms with Crippen LogP contribution in [0.4, 0.5) is 0 Å². The van der Waals surface area contributed by atoms with Gasteiger partial charge in [-0.1, -0.05) is 6.07 Å². The number of hydrogen-bond acceptors (Lipinski definition) is 5. The van der Waals surface area contributed by atoms with Crippen molar-refractivity contribution < 1.29 is 14.3 Å². The van der Waals surface area contributed by atoms with Crippen LogP contribution >= 0.6 is 11.8 Å². The van der Waals surface area contributed by atoms with Crippen LogP contribution in [0, 0.1) is 5.92 Å². The molecule has 2 amide bonds. The van der Waals surface area contributed by atoms with Crippen molar-refractivity contribution in [1.29, 1.82) is 0 Å². The molecule has 0 radical (unpaired) electrons. The van der Waals surface area contributed by atoms with Crippen molar-refractivity contribution in [2.45, 2.75) is 37.6 Å². The largest absolute Gasteiger partial charge is 0.477 e. The summed E-state index contributed by atoms with van der Waals surface area (Å²) >= 11 is 1.53. The Hall–Kier alpha value is -1.76. The van der Waals surface area contributed by atoms with E-state index in [-0.39, 0.29) is 5.91 Å². The molecule has 0 aromatic carbocycles. The number of hydrogen-bond donors (Lipinski definition) is 1. The quantitative estimate of drug-likeness (QED) is 0.847. The standard InChI is InChI=1S/C17H21N3O3S/c18-15(21)14-8-24-9-20(14)17(22)13-6-5-12(11-3-4-11)16(19-13)23-7-10-1-2-10/h5-6,10-11,14H,1-4,7-9H2,(H2,18,21). The zero-order valence-corrected chi connectivity index (χ0v) is 14.3. The molecule has 2 heterocycles. The van der Waals surface area contributed by atoms with Gasteiger partial charge in [-0.05, 0) is 43.6 Å². The summed E-state index contributed by atoms with van der Waals surface area (Å²) < 4.78 is 5.91. The minimum Gasteiger partial charge on any atom is -0.477 e. The first-order valence-electron chi connectivity index (χ1n) is 8.45. The van der Waals surface area contributed by atoms with Gasteiger partial charge in [-0.2, -0.15) is 0 Å². The van der Waals surface area contributed by atoms with Crippen molar-refractivity contribution in [2.75, 3.05) is 18.2 Å². The van der Waals surface area contributed by atoms with Crippen LogP contribution in [-0.2, 0) is 4.79 Å². The van der Waals surface area contributed by atoms with Crippen LogP contribution in [0.1, 0.15) is 47.7 Å². The van der Waals surface area contributed by atoms with E-state index in [0.29, 0.717) is 41.6 Å². The average Bonchev–Trinajstić information content (AvgIpc) is 3.50. The fourth-order valence-electron chi connectivity index (χ4n) is 2.90. The van der Waals surface area contributed by atoms with Gasteiger partial charge in [-0.3, -0.25) is 9.59 Å². The Morgan fingerprint density at radius 1 is 1.29 bits per heavy atom. The fourth-order valence-corrected chi connectivity index (χ4v) is 4.06. The number of thioether (sulfide) groups is 1. The van der Waals surface area contributed by atoms with Gasteiger partial charge in [0.1, 0.15) is 11.7 Å². The molecule has 24 heavy (non-hydrogen) atoms.